The normalized spacial score (nSPS) is 11.2. The summed E-state index contributed by atoms with van der Waals surface area (Å²) in [6, 6.07) is 9.72. The van der Waals surface area contributed by atoms with Crippen LogP contribution in [0, 0.1) is 0 Å². The first-order valence-electron chi connectivity index (χ1n) is 5.89. The number of anilines is 1. The third-order valence-electron chi connectivity index (χ3n) is 2.73. The second kappa shape index (κ2) is 5.81. The maximum absolute atomic E-state index is 12.4. The van der Waals surface area contributed by atoms with E-state index in [1.54, 1.807) is 7.11 Å². The lowest BCUT2D eigenvalue weighted by molar-refractivity contribution is -0.141. The number of rotatable bonds is 4. The molecule has 0 saturated carbocycles. The Kier molecular flexibility index (Phi) is 4.12. The molecule has 106 valence electrons. The molecular formula is C14H13F3N2O. The highest BCUT2D eigenvalue weighted by Crippen LogP contribution is 2.28. The maximum atomic E-state index is 12.4. The fourth-order valence-corrected chi connectivity index (χ4v) is 1.71. The van der Waals surface area contributed by atoms with Gasteiger partial charge in [-0.3, -0.25) is 0 Å². The molecule has 0 aliphatic carbocycles. The molecule has 20 heavy (non-hydrogen) atoms. The molecule has 0 aliphatic rings. The van der Waals surface area contributed by atoms with Crippen LogP contribution >= 0.6 is 0 Å². The van der Waals surface area contributed by atoms with Gasteiger partial charge in [-0.1, -0.05) is 18.2 Å². The van der Waals surface area contributed by atoms with Gasteiger partial charge in [0.25, 0.3) is 0 Å². The van der Waals surface area contributed by atoms with Gasteiger partial charge < -0.3 is 10.1 Å². The molecule has 1 aromatic carbocycles. The fraction of sp³-hybridized carbons (Fsp3) is 0.214. The van der Waals surface area contributed by atoms with Gasteiger partial charge in [0.15, 0.2) is 0 Å². The summed E-state index contributed by atoms with van der Waals surface area (Å²) in [5.74, 6) is 0.722. The highest BCUT2D eigenvalue weighted by molar-refractivity contribution is 5.44. The summed E-state index contributed by atoms with van der Waals surface area (Å²) < 4.78 is 42.3. The van der Waals surface area contributed by atoms with E-state index in [1.165, 1.54) is 6.07 Å². The number of hydrogen-bond acceptors (Lipinski definition) is 3. The lowest BCUT2D eigenvalue weighted by Gasteiger charge is -2.11. The molecule has 0 bridgehead atoms. The van der Waals surface area contributed by atoms with Crippen LogP contribution in [0.3, 0.4) is 0 Å². The summed E-state index contributed by atoms with van der Waals surface area (Å²) in [7, 11) is 1.57. The van der Waals surface area contributed by atoms with Crippen molar-refractivity contribution in [2.75, 3.05) is 12.4 Å². The lowest BCUT2D eigenvalue weighted by atomic mass is 10.2. The second-order valence-electron chi connectivity index (χ2n) is 4.10. The van der Waals surface area contributed by atoms with Crippen LogP contribution < -0.4 is 10.1 Å². The molecular weight excluding hydrogens is 269 g/mol. The van der Waals surface area contributed by atoms with Gasteiger partial charge >= 0.3 is 6.18 Å². The highest BCUT2D eigenvalue weighted by Gasteiger charge is 2.31. The standard InChI is InChI=1S/C14H13F3N2O/c1-20-12-5-3-2-4-10(12)8-18-11-6-7-13(19-9-11)14(15,16)17/h2-7,9,18H,8H2,1H3. The molecule has 3 nitrogen and oxygen atoms in total. The molecule has 2 aromatic rings. The number of methoxy groups -OCH3 is 1. The highest BCUT2D eigenvalue weighted by atomic mass is 19.4. The van der Waals surface area contributed by atoms with Gasteiger partial charge in [-0.25, -0.2) is 4.98 Å². The van der Waals surface area contributed by atoms with Crippen molar-refractivity contribution in [1.29, 1.82) is 0 Å². The van der Waals surface area contributed by atoms with E-state index in [0.29, 0.717) is 12.2 Å². The maximum Gasteiger partial charge on any atom is 0.433 e. The summed E-state index contributed by atoms with van der Waals surface area (Å²) >= 11 is 0. The minimum absolute atomic E-state index is 0.442. The predicted molar refractivity (Wildman–Crippen MR) is 69.6 cm³/mol. The molecule has 1 heterocycles. The van der Waals surface area contributed by atoms with E-state index >= 15 is 0 Å². The fourth-order valence-electron chi connectivity index (χ4n) is 1.71. The number of aromatic nitrogens is 1. The Labute approximate surface area is 114 Å². The first kappa shape index (κ1) is 14.2. The Balaban J connectivity index is 2.04. The van der Waals surface area contributed by atoms with Gasteiger partial charge in [0.1, 0.15) is 11.4 Å². The third-order valence-corrected chi connectivity index (χ3v) is 2.73. The van der Waals surface area contributed by atoms with Crippen LogP contribution in [-0.4, -0.2) is 12.1 Å². The predicted octanol–water partition coefficient (Wildman–Crippen LogP) is 3.72. The van der Waals surface area contributed by atoms with Crippen molar-refractivity contribution in [3.05, 3.63) is 53.9 Å². The molecule has 0 atom stereocenters. The first-order valence-corrected chi connectivity index (χ1v) is 5.89. The summed E-state index contributed by atoms with van der Waals surface area (Å²) in [6.45, 7) is 0.442. The number of pyridine rings is 1. The molecule has 0 spiro atoms. The summed E-state index contributed by atoms with van der Waals surface area (Å²) in [4.78, 5) is 3.39. The van der Waals surface area contributed by atoms with Crippen LogP contribution in [0.4, 0.5) is 18.9 Å². The summed E-state index contributed by atoms with van der Waals surface area (Å²) in [5, 5.41) is 3.00. The van der Waals surface area contributed by atoms with Crippen molar-refractivity contribution in [3.63, 3.8) is 0 Å². The quantitative estimate of drug-likeness (QED) is 0.928. The van der Waals surface area contributed by atoms with Crippen LogP contribution in [0.25, 0.3) is 0 Å². The van der Waals surface area contributed by atoms with Crippen molar-refractivity contribution in [2.45, 2.75) is 12.7 Å². The Morgan fingerprint density at radius 3 is 2.50 bits per heavy atom. The minimum atomic E-state index is -4.42. The third kappa shape index (κ3) is 3.40. The zero-order valence-electron chi connectivity index (χ0n) is 10.7. The number of benzene rings is 1. The smallest absolute Gasteiger partial charge is 0.433 e. The molecule has 1 aromatic heterocycles. The molecule has 0 radical (unpaired) electrons. The van der Waals surface area contributed by atoms with E-state index in [-0.39, 0.29) is 0 Å². The number of alkyl halides is 3. The zero-order chi connectivity index (χ0) is 14.6. The minimum Gasteiger partial charge on any atom is -0.496 e. The van der Waals surface area contributed by atoms with Crippen LogP contribution in [0.1, 0.15) is 11.3 Å². The number of nitrogens with one attached hydrogen (secondary N) is 1. The number of nitrogens with zero attached hydrogens (tertiary/aromatic N) is 1. The van der Waals surface area contributed by atoms with Crippen LogP contribution in [0.5, 0.6) is 5.75 Å². The SMILES string of the molecule is COc1ccccc1CNc1ccc(C(F)(F)F)nc1. The van der Waals surface area contributed by atoms with Gasteiger partial charge in [0, 0.05) is 12.1 Å². The molecule has 0 amide bonds. The zero-order valence-corrected chi connectivity index (χ0v) is 10.7. The number of ether oxygens (including phenoxy) is 1. The van der Waals surface area contributed by atoms with Gasteiger partial charge in [-0.15, -0.1) is 0 Å². The Morgan fingerprint density at radius 1 is 1.15 bits per heavy atom. The van der Waals surface area contributed by atoms with E-state index in [9.17, 15) is 13.2 Å². The van der Waals surface area contributed by atoms with Crippen LogP contribution in [-0.2, 0) is 12.7 Å². The monoisotopic (exact) mass is 282 g/mol. The molecule has 0 unspecified atom stereocenters. The average molecular weight is 282 g/mol. The van der Waals surface area contributed by atoms with Crippen LogP contribution in [0.2, 0.25) is 0 Å². The topological polar surface area (TPSA) is 34.1 Å². The Bertz CT molecular complexity index is 567. The van der Waals surface area contributed by atoms with Crippen molar-refractivity contribution in [2.24, 2.45) is 0 Å². The molecule has 0 aliphatic heterocycles. The largest absolute Gasteiger partial charge is 0.496 e. The van der Waals surface area contributed by atoms with E-state index in [1.807, 2.05) is 24.3 Å². The van der Waals surface area contributed by atoms with E-state index < -0.39 is 11.9 Å². The molecule has 2 rings (SSSR count). The molecule has 0 fully saturated rings. The van der Waals surface area contributed by atoms with E-state index in [0.717, 1.165) is 23.6 Å². The molecule has 0 saturated heterocycles. The molecule has 6 heteroatoms. The van der Waals surface area contributed by atoms with Gasteiger partial charge in [-0.05, 0) is 18.2 Å². The van der Waals surface area contributed by atoms with Gasteiger partial charge in [-0.2, -0.15) is 13.2 Å². The lowest BCUT2D eigenvalue weighted by Crippen LogP contribution is -2.08. The Hall–Kier alpha value is -2.24. The Morgan fingerprint density at radius 2 is 1.90 bits per heavy atom. The van der Waals surface area contributed by atoms with Crippen molar-refractivity contribution in [3.8, 4) is 5.75 Å². The summed E-state index contributed by atoms with van der Waals surface area (Å²) in [5.41, 5.74) is 0.527. The number of hydrogen-bond donors (Lipinski definition) is 1. The second-order valence-corrected chi connectivity index (χ2v) is 4.10. The first-order chi connectivity index (χ1) is 9.50. The van der Waals surface area contributed by atoms with Gasteiger partial charge in [0.2, 0.25) is 0 Å². The molecule has 1 N–H and O–H groups in total. The number of para-hydroxylation sites is 1. The van der Waals surface area contributed by atoms with Crippen LogP contribution in [0.15, 0.2) is 42.6 Å². The number of halogens is 3. The average Bonchev–Trinajstić information content (AvgIpc) is 2.45. The van der Waals surface area contributed by atoms with E-state index in [2.05, 4.69) is 10.3 Å². The van der Waals surface area contributed by atoms with Crippen molar-refractivity contribution < 1.29 is 17.9 Å². The van der Waals surface area contributed by atoms with E-state index in [4.69, 9.17) is 4.74 Å². The van der Waals surface area contributed by atoms with Crippen molar-refractivity contribution in [1.82, 2.24) is 4.98 Å². The summed E-state index contributed by atoms with van der Waals surface area (Å²) in [6.07, 6.45) is -3.25. The van der Waals surface area contributed by atoms with Gasteiger partial charge in [0.05, 0.1) is 19.0 Å². The van der Waals surface area contributed by atoms with Crippen molar-refractivity contribution >= 4 is 5.69 Å².